The maximum absolute atomic E-state index is 11.6. The van der Waals surface area contributed by atoms with E-state index in [1.54, 1.807) is 7.11 Å². The summed E-state index contributed by atoms with van der Waals surface area (Å²) in [7, 11) is 1.68. The Bertz CT molecular complexity index is 456. The van der Waals surface area contributed by atoms with E-state index in [1.165, 1.54) is 5.56 Å². The number of carbonyl (C=O) groups excluding carboxylic acids is 1. The zero-order chi connectivity index (χ0) is 15.2. The minimum Gasteiger partial charge on any atom is -0.497 e. The van der Waals surface area contributed by atoms with Gasteiger partial charge in [-0.15, -0.1) is 0 Å². The fourth-order valence-electron chi connectivity index (χ4n) is 2.88. The Labute approximate surface area is 127 Å². The molecule has 0 radical (unpaired) electrons. The summed E-state index contributed by atoms with van der Waals surface area (Å²) in [5, 5.41) is 6.49. The fraction of sp³-hybridized carbons (Fsp3) is 0.588. The second-order valence-corrected chi connectivity index (χ2v) is 6.01. The summed E-state index contributed by atoms with van der Waals surface area (Å²) in [4.78, 5) is 11.6. The lowest BCUT2D eigenvalue weighted by Crippen LogP contribution is -2.29. The van der Waals surface area contributed by atoms with Crippen molar-refractivity contribution in [2.24, 2.45) is 11.8 Å². The molecule has 1 saturated heterocycles. The summed E-state index contributed by atoms with van der Waals surface area (Å²) < 4.78 is 5.21. The molecule has 0 aliphatic carbocycles. The molecule has 4 heteroatoms. The highest BCUT2D eigenvalue weighted by Gasteiger charge is 2.24. The number of benzene rings is 1. The lowest BCUT2D eigenvalue weighted by Gasteiger charge is -2.24. The maximum Gasteiger partial charge on any atom is 0.223 e. The van der Waals surface area contributed by atoms with Gasteiger partial charge in [-0.25, -0.2) is 0 Å². The van der Waals surface area contributed by atoms with E-state index < -0.39 is 0 Å². The van der Waals surface area contributed by atoms with Crippen molar-refractivity contribution in [1.82, 2.24) is 10.6 Å². The van der Waals surface area contributed by atoms with Crippen LogP contribution in [0.3, 0.4) is 0 Å². The third kappa shape index (κ3) is 4.21. The predicted octanol–water partition coefficient (Wildman–Crippen LogP) is 2.51. The maximum atomic E-state index is 11.6. The van der Waals surface area contributed by atoms with Crippen LogP contribution in [0.15, 0.2) is 24.3 Å². The molecule has 4 nitrogen and oxygen atoms in total. The largest absolute Gasteiger partial charge is 0.497 e. The topological polar surface area (TPSA) is 50.4 Å². The van der Waals surface area contributed by atoms with Crippen molar-refractivity contribution in [3.8, 4) is 5.75 Å². The number of hydrogen-bond donors (Lipinski definition) is 2. The first-order valence-corrected chi connectivity index (χ1v) is 7.77. The van der Waals surface area contributed by atoms with Crippen LogP contribution in [0.5, 0.6) is 5.75 Å². The van der Waals surface area contributed by atoms with E-state index in [0.717, 1.165) is 31.7 Å². The van der Waals surface area contributed by atoms with Crippen LogP contribution in [0, 0.1) is 11.8 Å². The van der Waals surface area contributed by atoms with E-state index in [0.29, 0.717) is 12.0 Å². The molecule has 1 aromatic rings. The summed E-state index contributed by atoms with van der Waals surface area (Å²) in [5.41, 5.74) is 1.27. The molecule has 1 aliphatic heterocycles. The van der Waals surface area contributed by atoms with Gasteiger partial charge < -0.3 is 15.4 Å². The van der Waals surface area contributed by atoms with Crippen LogP contribution in [0.25, 0.3) is 0 Å². The molecular formula is C17H26N2O2. The lowest BCUT2D eigenvalue weighted by atomic mass is 9.95. The highest BCUT2D eigenvalue weighted by Crippen LogP contribution is 2.24. The number of amides is 1. The van der Waals surface area contributed by atoms with E-state index in [-0.39, 0.29) is 11.8 Å². The molecule has 1 aromatic carbocycles. The zero-order valence-electron chi connectivity index (χ0n) is 13.2. The number of ether oxygens (including phenoxy) is 1. The van der Waals surface area contributed by atoms with Gasteiger partial charge in [0.15, 0.2) is 0 Å². The van der Waals surface area contributed by atoms with Gasteiger partial charge in [0.05, 0.1) is 7.11 Å². The van der Waals surface area contributed by atoms with Crippen molar-refractivity contribution in [2.75, 3.05) is 20.2 Å². The number of hydrogen-bond acceptors (Lipinski definition) is 3. The van der Waals surface area contributed by atoms with Crippen LogP contribution in [0.1, 0.15) is 38.3 Å². The van der Waals surface area contributed by atoms with Gasteiger partial charge in [-0.2, -0.15) is 0 Å². The average molecular weight is 290 g/mol. The van der Waals surface area contributed by atoms with Crippen molar-refractivity contribution in [3.63, 3.8) is 0 Å². The molecule has 0 bridgehead atoms. The monoisotopic (exact) mass is 290 g/mol. The first-order valence-electron chi connectivity index (χ1n) is 7.77. The standard InChI is InChI=1S/C17H26N2O2/c1-12(2)16(13-4-6-15(21-3)7-5-13)18-10-8-14-9-11-19-17(14)20/h4-7,12,14,16,18H,8-11H2,1-3H3,(H,19,20)/t14-,16+/m0/s1. The molecule has 1 aliphatic rings. The smallest absolute Gasteiger partial charge is 0.223 e. The first kappa shape index (κ1) is 15.8. The Hall–Kier alpha value is -1.55. The lowest BCUT2D eigenvalue weighted by molar-refractivity contribution is -0.122. The van der Waals surface area contributed by atoms with Gasteiger partial charge in [0, 0.05) is 18.5 Å². The molecule has 21 heavy (non-hydrogen) atoms. The van der Waals surface area contributed by atoms with Gasteiger partial charge in [0.1, 0.15) is 5.75 Å². The molecule has 0 aromatic heterocycles. The third-order valence-electron chi connectivity index (χ3n) is 4.16. The second-order valence-electron chi connectivity index (χ2n) is 6.01. The van der Waals surface area contributed by atoms with Crippen LogP contribution in [-0.2, 0) is 4.79 Å². The van der Waals surface area contributed by atoms with Crippen molar-refractivity contribution >= 4 is 5.91 Å². The van der Waals surface area contributed by atoms with E-state index in [9.17, 15) is 4.79 Å². The molecule has 2 N–H and O–H groups in total. The Morgan fingerprint density at radius 3 is 2.57 bits per heavy atom. The van der Waals surface area contributed by atoms with E-state index in [2.05, 4.69) is 36.6 Å². The third-order valence-corrected chi connectivity index (χ3v) is 4.16. The van der Waals surface area contributed by atoms with Crippen LogP contribution < -0.4 is 15.4 Å². The Balaban J connectivity index is 1.90. The van der Waals surface area contributed by atoms with Gasteiger partial charge in [0.25, 0.3) is 0 Å². The number of rotatable bonds is 7. The van der Waals surface area contributed by atoms with Crippen molar-refractivity contribution in [1.29, 1.82) is 0 Å². The fourth-order valence-corrected chi connectivity index (χ4v) is 2.88. The summed E-state index contributed by atoms with van der Waals surface area (Å²) in [6.07, 6.45) is 1.88. The SMILES string of the molecule is COc1ccc([C@H](NCC[C@H]2CCNC2=O)C(C)C)cc1. The average Bonchev–Trinajstić information content (AvgIpc) is 2.89. The number of nitrogens with one attached hydrogen (secondary N) is 2. The van der Waals surface area contributed by atoms with Crippen molar-refractivity contribution < 1.29 is 9.53 Å². The quantitative estimate of drug-likeness (QED) is 0.811. The minimum atomic E-state index is 0.182. The highest BCUT2D eigenvalue weighted by atomic mass is 16.5. The molecular weight excluding hydrogens is 264 g/mol. The van der Waals surface area contributed by atoms with Gasteiger partial charge >= 0.3 is 0 Å². The summed E-state index contributed by atoms with van der Waals surface area (Å²) in [6, 6.07) is 8.52. The van der Waals surface area contributed by atoms with Crippen LogP contribution in [-0.4, -0.2) is 26.1 Å². The Morgan fingerprint density at radius 2 is 2.05 bits per heavy atom. The Morgan fingerprint density at radius 1 is 1.33 bits per heavy atom. The van der Waals surface area contributed by atoms with E-state index >= 15 is 0 Å². The first-order chi connectivity index (χ1) is 10.1. The van der Waals surface area contributed by atoms with Gasteiger partial charge in [-0.3, -0.25) is 4.79 Å². The second kappa shape index (κ2) is 7.46. The summed E-state index contributed by atoms with van der Waals surface area (Å²) in [5.74, 6) is 1.77. The molecule has 1 amide bonds. The molecule has 0 saturated carbocycles. The van der Waals surface area contributed by atoms with E-state index in [4.69, 9.17) is 4.74 Å². The van der Waals surface area contributed by atoms with Crippen LogP contribution in [0.2, 0.25) is 0 Å². The molecule has 2 atom stereocenters. The minimum absolute atomic E-state index is 0.182. The highest BCUT2D eigenvalue weighted by molar-refractivity contribution is 5.80. The van der Waals surface area contributed by atoms with E-state index in [1.807, 2.05) is 12.1 Å². The van der Waals surface area contributed by atoms with Crippen LogP contribution in [0.4, 0.5) is 0 Å². The number of carbonyl (C=O) groups is 1. The van der Waals surface area contributed by atoms with Crippen LogP contribution >= 0.6 is 0 Å². The predicted molar refractivity (Wildman–Crippen MR) is 84.3 cm³/mol. The molecule has 116 valence electrons. The summed E-state index contributed by atoms with van der Waals surface area (Å²) in [6.45, 7) is 6.12. The van der Waals surface area contributed by atoms with Crippen molar-refractivity contribution in [2.45, 2.75) is 32.7 Å². The molecule has 1 fully saturated rings. The van der Waals surface area contributed by atoms with Crippen molar-refractivity contribution in [3.05, 3.63) is 29.8 Å². The molecule has 0 spiro atoms. The van der Waals surface area contributed by atoms with Gasteiger partial charge in [0.2, 0.25) is 5.91 Å². The zero-order valence-corrected chi connectivity index (χ0v) is 13.2. The molecule has 0 unspecified atom stereocenters. The molecule has 2 rings (SSSR count). The van der Waals surface area contributed by atoms with Gasteiger partial charge in [-0.1, -0.05) is 26.0 Å². The molecule has 1 heterocycles. The van der Waals surface area contributed by atoms with Gasteiger partial charge in [-0.05, 0) is 43.0 Å². The Kier molecular flexibility index (Phi) is 5.62. The summed E-state index contributed by atoms with van der Waals surface area (Å²) >= 11 is 0. The normalized spacial score (nSPS) is 19.6. The number of methoxy groups -OCH3 is 1.